The van der Waals surface area contributed by atoms with Gasteiger partial charge in [-0.2, -0.15) is 5.10 Å². The summed E-state index contributed by atoms with van der Waals surface area (Å²) < 4.78 is 8.46. The topological polar surface area (TPSA) is 53.1 Å². The van der Waals surface area contributed by atoms with Gasteiger partial charge in [0.2, 0.25) is 0 Å². The average Bonchev–Trinajstić information content (AvgIpc) is 2.71. The molecule has 0 amide bonds. The Morgan fingerprint density at radius 1 is 1.41 bits per heavy atom. The average molecular weight is 296 g/mol. The molecule has 0 aliphatic rings. The van der Waals surface area contributed by atoms with Crippen LogP contribution >= 0.6 is 15.9 Å². The van der Waals surface area contributed by atoms with E-state index in [9.17, 15) is 0 Å². The van der Waals surface area contributed by atoms with E-state index in [1.165, 1.54) is 0 Å². The Morgan fingerprint density at radius 2 is 2.29 bits per heavy atom. The summed E-state index contributed by atoms with van der Waals surface area (Å²) in [7, 11) is 0. The number of rotatable bonds is 5. The molecule has 2 N–H and O–H groups in total. The lowest BCUT2D eigenvalue weighted by Crippen LogP contribution is -2.04. The molecule has 0 spiro atoms. The highest BCUT2D eigenvalue weighted by Crippen LogP contribution is 2.14. The number of hydrogen-bond donors (Lipinski definition) is 1. The maximum absolute atomic E-state index is 5.66. The minimum absolute atomic E-state index is 0.654. The molecule has 1 aromatic carbocycles. The Hall–Kier alpha value is -1.49. The molecule has 0 aliphatic carbocycles. The summed E-state index contributed by atoms with van der Waals surface area (Å²) >= 11 is 3.36. The maximum atomic E-state index is 5.66. The van der Waals surface area contributed by atoms with Crippen LogP contribution < -0.4 is 10.5 Å². The van der Waals surface area contributed by atoms with Crippen molar-refractivity contribution < 1.29 is 4.74 Å². The quantitative estimate of drug-likeness (QED) is 0.682. The van der Waals surface area contributed by atoms with E-state index in [1.54, 1.807) is 6.20 Å². The van der Waals surface area contributed by atoms with E-state index in [1.807, 2.05) is 35.1 Å². The number of hydrogen-bond acceptors (Lipinski definition) is 3. The molecule has 0 atom stereocenters. The molecule has 1 heterocycles. The van der Waals surface area contributed by atoms with Crippen molar-refractivity contribution in [1.29, 1.82) is 0 Å². The molecule has 0 aliphatic heterocycles. The third-order valence-corrected chi connectivity index (χ3v) is 2.67. The lowest BCUT2D eigenvalue weighted by molar-refractivity contribution is 0.299. The molecule has 90 valence electrons. The number of ether oxygens (including phenoxy) is 1. The van der Waals surface area contributed by atoms with Crippen molar-refractivity contribution in [1.82, 2.24) is 9.78 Å². The lowest BCUT2D eigenvalue weighted by atomic mass is 10.3. The Balaban J connectivity index is 1.73. The van der Waals surface area contributed by atoms with Crippen LogP contribution in [0.25, 0.3) is 0 Å². The van der Waals surface area contributed by atoms with Crippen molar-refractivity contribution in [3.05, 3.63) is 41.1 Å². The zero-order chi connectivity index (χ0) is 12.1. The zero-order valence-electron chi connectivity index (χ0n) is 9.34. The predicted molar refractivity (Wildman–Crippen MR) is 70.9 cm³/mol. The van der Waals surface area contributed by atoms with Crippen molar-refractivity contribution in [3.63, 3.8) is 0 Å². The molecule has 0 bridgehead atoms. The number of nitrogens with two attached hydrogens (primary N) is 1. The number of benzene rings is 1. The number of halogens is 1. The molecule has 0 saturated heterocycles. The number of nitrogen functional groups attached to an aromatic ring is 1. The predicted octanol–water partition coefficient (Wildman–Crippen LogP) is 2.70. The third-order valence-electron chi connectivity index (χ3n) is 2.26. The van der Waals surface area contributed by atoms with Gasteiger partial charge in [0.05, 0.1) is 17.3 Å². The van der Waals surface area contributed by atoms with Crippen LogP contribution in [0.5, 0.6) is 5.75 Å². The molecular formula is C12H14BrN3O. The number of anilines is 1. The fourth-order valence-corrected chi connectivity index (χ4v) is 1.81. The van der Waals surface area contributed by atoms with Crippen LogP contribution in [0.2, 0.25) is 0 Å². The third kappa shape index (κ3) is 3.78. The van der Waals surface area contributed by atoms with Crippen molar-refractivity contribution in [2.24, 2.45) is 0 Å². The van der Waals surface area contributed by atoms with Crippen molar-refractivity contribution in [3.8, 4) is 5.75 Å². The van der Waals surface area contributed by atoms with E-state index >= 15 is 0 Å². The van der Waals surface area contributed by atoms with Gasteiger partial charge in [-0.05, 0) is 28.1 Å². The summed E-state index contributed by atoms with van der Waals surface area (Å²) in [5.74, 6) is 0.812. The molecule has 0 radical (unpaired) electrons. The highest BCUT2D eigenvalue weighted by molar-refractivity contribution is 9.10. The fourth-order valence-electron chi connectivity index (χ4n) is 1.48. The van der Waals surface area contributed by atoms with Crippen LogP contribution in [-0.2, 0) is 6.54 Å². The first-order valence-corrected chi connectivity index (χ1v) is 6.19. The second-order valence-electron chi connectivity index (χ2n) is 3.70. The van der Waals surface area contributed by atoms with Gasteiger partial charge in [0.25, 0.3) is 0 Å². The standard InChI is InChI=1S/C12H14BrN3O/c13-10-8-15-16(9-10)5-2-6-17-12-4-1-3-11(14)7-12/h1,3-4,7-9H,2,5-6,14H2. The molecule has 17 heavy (non-hydrogen) atoms. The first kappa shape index (κ1) is 12.0. The summed E-state index contributed by atoms with van der Waals surface area (Å²) in [4.78, 5) is 0. The summed E-state index contributed by atoms with van der Waals surface area (Å²) in [6, 6.07) is 7.45. The van der Waals surface area contributed by atoms with E-state index in [-0.39, 0.29) is 0 Å². The van der Waals surface area contributed by atoms with Crippen LogP contribution in [0.3, 0.4) is 0 Å². The largest absolute Gasteiger partial charge is 0.493 e. The monoisotopic (exact) mass is 295 g/mol. The number of nitrogens with zero attached hydrogens (tertiary/aromatic N) is 2. The van der Waals surface area contributed by atoms with Crippen molar-refractivity contribution in [2.45, 2.75) is 13.0 Å². The summed E-state index contributed by atoms with van der Waals surface area (Å²) in [6.45, 7) is 1.49. The molecular weight excluding hydrogens is 282 g/mol. The first-order chi connectivity index (χ1) is 8.24. The molecule has 5 heteroatoms. The van der Waals surface area contributed by atoms with E-state index < -0.39 is 0 Å². The highest BCUT2D eigenvalue weighted by atomic mass is 79.9. The molecule has 2 aromatic rings. The van der Waals surface area contributed by atoms with Gasteiger partial charge in [0.1, 0.15) is 5.75 Å². The molecule has 1 aromatic heterocycles. The van der Waals surface area contributed by atoms with Crippen molar-refractivity contribution >= 4 is 21.6 Å². The van der Waals surface area contributed by atoms with E-state index in [0.29, 0.717) is 6.61 Å². The Bertz CT molecular complexity index is 484. The molecule has 4 nitrogen and oxygen atoms in total. The molecule has 0 fully saturated rings. The fraction of sp³-hybridized carbons (Fsp3) is 0.250. The van der Waals surface area contributed by atoms with Crippen LogP contribution in [-0.4, -0.2) is 16.4 Å². The first-order valence-electron chi connectivity index (χ1n) is 5.40. The van der Waals surface area contributed by atoms with Gasteiger partial charge < -0.3 is 10.5 Å². The van der Waals surface area contributed by atoms with Crippen LogP contribution in [0.1, 0.15) is 6.42 Å². The van der Waals surface area contributed by atoms with Gasteiger partial charge in [-0.25, -0.2) is 0 Å². The Labute approximate surface area is 109 Å². The minimum Gasteiger partial charge on any atom is -0.493 e. The number of aromatic nitrogens is 2. The summed E-state index contributed by atoms with van der Waals surface area (Å²) in [6.07, 6.45) is 4.63. The van der Waals surface area contributed by atoms with Gasteiger partial charge in [-0.15, -0.1) is 0 Å². The SMILES string of the molecule is Nc1cccc(OCCCn2cc(Br)cn2)c1. The van der Waals surface area contributed by atoms with Gasteiger partial charge in [-0.3, -0.25) is 4.68 Å². The molecule has 2 rings (SSSR count). The van der Waals surface area contributed by atoms with Crippen LogP contribution in [0.4, 0.5) is 5.69 Å². The highest BCUT2D eigenvalue weighted by Gasteiger charge is 1.97. The van der Waals surface area contributed by atoms with Gasteiger partial charge in [-0.1, -0.05) is 6.07 Å². The maximum Gasteiger partial charge on any atom is 0.121 e. The van der Waals surface area contributed by atoms with Gasteiger partial charge in [0.15, 0.2) is 0 Å². The summed E-state index contributed by atoms with van der Waals surface area (Å²) in [5.41, 5.74) is 6.38. The van der Waals surface area contributed by atoms with Gasteiger partial charge in [0, 0.05) is 30.9 Å². The van der Waals surface area contributed by atoms with Crippen LogP contribution in [0.15, 0.2) is 41.1 Å². The minimum atomic E-state index is 0.654. The Morgan fingerprint density at radius 3 is 3.00 bits per heavy atom. The van der Waals surface area contributed by atoms with Gasteiger partial charge >= 0.3 is 0 Å². The molecule has 0 unspecified atom stereocenters. The second kappa shape index (κ2) is 5.72. The lowest BCUT2D eigenvalue weighted by Gasteiger charge is -2.06. The normalized spacial score (nSPS) is 10.4. The van der Waals surface area contributed by atoms with Crippen LogP contribution in [0, 0.1) is 0 Å². The smallest absolute Gasteiger partial charge is 0.121 e. The van der Waals surface area contributed by atoms with E-state index in [2.05, 4.69) is 21.0 Å². The Kier molecular flexibility index (Phi) is 4.03. The van der Waals surface area contributed by atoms with E-state index in [4.69, 9.17) is 10.5 Å². The van der Waals surface area contributed by atoms with Crippen molar-refractivity contribution in [2.75, 3.05) is 12.3 Å². The molecule has 0 saturated carbocycles. The summed E-state index contributed by atoms with van der Waals surface area (Å²) in [5, 5.41) is 4.17. The second-order valence-corrected chi connectivity index (χ2v) is 4.61. The zero-order valence-corrected chi connectivity index (χ0v) is 10.9. The van der Waals surface area contributed by atoms with E-state index in [0.717, 1.165) is 28.9 Å². The number of aryl methyl sites for hydroxylation is 1.